The van der Waals surface area contributed by atoms with E-state index in [9.17, 15) is 9.59 Å². The van der Waals surface area contributed by atoms with Crippen LogP contribution in [0.1, 0.15) is 34.1 Å². The van der Waals surface area contributed by atoms with Crippen LogP contribution < -0.4 is 10.6 Å². The van der Waals surface area contributed by atoms with E-state index in [0.29, 0.717) is 25.7 Å². The molecule has 7 heteroatoms. The molecule has 3 aliphatic rings. The molecular weight excluding hydrogens is 354 g/mol. The van der Waals surface area contributed by atoms with E-state index in [0.717, 1.165) is 32.0 Å². The van der Waals surface area contributed by atoms with Crippen LogP contribution in [-0.2, 0) is 9.59 Å². The van der Waals surface area contributed by atoms with Crippen molar-refractivity contribution < 1.29 is 9.59 Å². The van der Waals surface area contributed by atoms with Crippen molar-refractivity contribution in [1.29, 1.82) is 0 Å². The first-order valence-corrected chi connectivity index (χ1v) is 10.8. The molecule has 2 fully saturated rings. The molecule has 1 saturated carbocycles. The van der Waals surface area contributed by atoms with Gasteiger partial charge in [-0.1, -0.05) is 26.0 Å². The smallest absolute Gasteiger partial charge is 0.233 e. The lowest BCUT2D eigenvalue weighted by atomic mass is 9.85. The second-order valence-corrected chi connectivity index (χ2v) is 8.04. The monoisotopic (exact) mass is 389 g/mol. The van der Waals surface area contributed by atoms with Crippen LogP contribution in [0.5, 0.6) is 0 Å². The Hall–Kier alpha value is -1.89. The molecule has 1 saturated heterocycles. The molecule has 0 aromatic heterocycles. The molecule has 0 aromatic carbocycles. The van der Waals surface area contributed by atoms with Gasteiger partial charge in [0.05, 0.1) is 18.4 Å². The van der Waals surface area contributed by atoms with Crippen molar-refractivity contribution in [3.05, 3.63) is 12.2 Å². The molecule has 7 nitrogen and oxygen atoms in total. The number of likely N-dealkylation sites (N-methyl/N-ethyl adjacent to an activating group) is 1. The lowest BCUT2D eigenvalue weighted by molar-refractivity contribution is -0.140. The molecule has 2 bridgehead atoms. The standard InChI is InChI=1S/C21H35N5O2/c1-5-22-21(24-13-14(4)25(6-2)7-3)23-10-11-26-19(27)17-15-8-9-16(12-15)18(17)20(26)28/h8-9,14-18H,5-7,10-13H2,1-4H3,(H2,22,23,24). The average molecular weight is 390 g/mol. The first kappa shape index (κ1) is 20.8. The highest BCUT2D eigenvalue weighted by Gasteiger charge is 2.58. The molecule has 5 unspecified atom stereocenters. The van der Waals surface area contributed by atoms with Crippen LogP contribution in [0.15, 0.2) is 17.1 Å². The third kappa shape index (κ3) is 3.95. The van der Waals surface area contributed by atoms with Crippen LogP contribution >= 0.6 is 0 Å². The first-order chi connectivity index (χ1) is 13.5. The van der Waals surface area contributed by atoms with Crippen molar-refractivity contribution in [2.24, 2.45) is 28.7 Å². The zero-order valence-corrected chi connectivity index (χ0v) is 17.6. The Balaban J connectivity index is 1.51. The van der Waals surface area contributed by atoms with Gasteiger partial charge >= 0.3 is 0 Å². The number of rotatable bonds is 9. The summed E-state index contributed by atoms with van der Waals surface area (Å²) in [5.41, 5.74) is 0. The van der Waals surface area contributed by atoms with Gasteiger partial charge < -0.3 is 10.6 Å². The summed E-state index contributed by atoms with van der Waals surface area (Å²) in [6.07, 6.45) is 5.23. The lowest BCUT2D eigenvalue weighted by Crippen LogP contribution is -2.44. The SMILES string of the molecule is CCNC(=NCC(C)N(CC)CC)NCCN1C(=O)C2C3C=CC(C3)C2C1=O. The van der Waals surface area contributed by atoms with Gasteiger partial charge in [-0.25, -0.2) is 0 Å². The van der Waals surface area contributed by atoms with Crippen molar-refractivity contribution >= 4 is 17.8 Å². The minimum absolute atomic E-state index is 0.0192. The van der Waals surface area contributed by atoms with Crippen LogP contribution in [0.4, 0.5) is 0 Å². The Kier molecular flexibility index (Phi) is 6.75. The van der Waals surface area contributed by atoms with E-state index < -0.39 is 0 Å². The van der Waals surface area contributed by atoms with E-state index in [1.807, 2.05) is 6.92 Å². The first-order valence-electron chi connectivity index (χ1n) is 10.8. The second-order valence-electron chi connectivity index (χ2n) is 8.04. The summed E-state index contributed by atoms with van der Waals surface area (Å²) < 4.78 is 0. The molecule has 1 heterocycles. The Labute approximate surface area is 168 Å². The number of carbonyl (C=O) groups excluding carboxylic acids is 2. The number of guanidine groups is 1. The van der Waals surface area contributed by atoms with Crippen LogP contribution in [0.25, 0.3) is 0 Å². The molecule has 3 rings (SSSR count). The van der Waals surface area contributed by atoms with Crippen molar-refractivity contribution in [3.63, 3.8) is 0 Å². The zero-order chi connectivity index (χ0) is 20.3. The summed E-state index contributed by atoms with van der Waals surface area (Å²) in [6.45, 7) is 13.0. The molecule has 0 radical (unpaired) electrons. The largest absolute Gasteiger partial charge is 0.357 e. The van der Waals surface area contributed by atoms with E-state index in [4.69, 9.17) is 0 Å². The fraction of sp³-hybridized carbons (Fsp3) is 0.762. The highest BCUT2D eigenvalue weighted by atomic mass is 16.2. The molecule has 1 aliphatic heterocycles. The highest BCUT2D eigenvalue weighted by Crippen LogP contribution is 2.52. The molecule has 5 atom stereocenters. The molecule has 0 spiro atoms. The Morgan fingerprint density at radius 2 is 1.75 bits per heavy atom. The van der Waals surface area contributed by atoms with Crippen LogP contribution in [0, 0.1) is 23.7 Å². The number of hydrogen-bond acceptors (Lipinski definition) is 4. The third-order valence-corrected chi connectivity index (χ3v) is 6.48. The van der Waals surface area contributed by atoms with E-state index in [2.05, 4.69) is 53.4 Å². The van der Waals surface area contributed by atoms with E-state index in [1.54, 1.807) is 0 Å². The van der Waals surface area contributed by atoms with Gasteiger partial charge in [0.2, 0.25) is 11.8 Å². The van der Waals surface area contributed by atoms with Gasteiger partial charge in [-0.3, -0.25) is 24.4 Å². The summed E-state index contributed by atoms with van der Waals surface area (Å²) >= 11 is 0. The predicted molar refractivity (Wildman–Crippen MR) is 111 cm³/mol. The molecule has 156 valence electrons. The fourth-order valence-corrected chi connectivity index (χ4v) is 5.00. The number of nitrogens with zero attached hydrogens (tertiary/aromatic N) is 3. The Morgan fingerprint density at radius 1 is 1.14 bits per heavy atom. The number of nitrogens with one attached hydrogen (secondary N) is 2. The highest BCUT2D eigenvalue weighted by molar-refractivity contribution is 6.06. The number of amides is 2. The fourth-order valence-electron chi connectivity index (χ4n) is 5.00. The third-order valence-electron chi connectivity index (χ3n) is 6.48. The summed E-state index contributed by atoms with van der Waals surface area (Å²) in [7, 11) is 0. The summed E-state index contributed by atoms with van der Waals surface area (Å²) in [5, 5.41) is 6.53. The maximum Gasteiger partial charge on any atom is 0.233 e. The number of fused-ring (bicyclic) bond motifs is 5. The lowest BCUT2D eigenvalue weighted by Gasteiger charge is -2.25. The number of hydrogen-bond donors (Lipinski definition) is 2. The summed E-state index contributed by atoms with van der Waals surface area (Å²) in [6, 6.07) is 0.370. The van der Waals surface area contributed by atoms with E-state index in [-0.39, 0.29) is 35.5 Å². The van der Waals surface area contributed by atoms with Crippen molar-refractivity contribution in [3.8, 4) is 0 Å². The minimum Gasteiger partial charge on any atom is -0.357 e. The molecule has 28 heavy (non-hydrogen) atoms. The van der Waals surface area contributed by atoms with Gasteiger partial charge in [0.25, 0.3) is 0 Å². The van der Waals surface area contributed by atoms with Crippen molar-refractivity contribution in [2.45, 2.75) is 40.2 Å². The normalized spacial score (nSPS) is 29.8. The summed E-state index contributed by atoms with van der Waals surface area (Å²) in [5.74, 6) is 1.09. The minimum atomic E-state index is -0.112. The van der Waals surface area contributed by atoms with Crippen LogP contribution in [-0.4, -0.2) is 72.9 Å². The zero-order valence-electron chi connectivity index (χ0n) is 17.6. The van der Waals surface area contributed by atoms with Crippen LogP contribution in [0.2, 0.25) is 0 Å². The molecule has 2 aliphatic carbocycles. The maximum absolute atomic E-state index is 12.7. The van der Waals surface area contributed by atoms with E-state index in [1.165, 1.54) is 4.90 Å². The van der Waals surface area contributed by atoms with Gasteiger partial charge in [-0.05, 0) is 45.2 Å². The molecule has 0 aromatic rings. The molecule has 2 amide bonds. The summed E-state index contributed by atoms with van der Waals surface area (Å²) in [4.78, 5) is 34.0. The predicted octanol–water partition coefficient (Wildman–Crippen LogP) is 1.08. The van der Waals surface area contributed by atoms with Gasteiger partial charge in [0.1, 0.15) is 0 Å². The number of likely N-dealkylation sites (tertiary alicyclic amines) is 1. The molecule has 2 N–H and O–H groups in total. The Morgan fingerprint density at radius 3 is 2.29 bits per heavy atom. The number of carbonyl (C=O) groups is 2. The Bertz CT molecular complexity index is 613. The quantitative estimate of drug-likeness (QED) is 0.267. The molecular formula is C21H35N5O2. The van der Waals surface area contributed by atoms with Crippen LogP contribution in [0.3, 0.4) is 0 Å². The van der Waals surface area contributed by atoms with E-state index >= 15 is 0 Å². The second kappa shape index (κ2) is 9.07. The topological polar surface area (TPSA) is 77.0 Å². The van der Waals surface area contributed by atoms with Gasteiger partial charge in [0.15, 0.2) is 5.96 Å². The number of allylic oxidation sites excluding steroid dienone is 2. The number of imide groups is 1. The van der Waals surface area contributed by atoms with Crippen molar-refractivity contribution in [2.75, 3.05) is 39.3 Å². The maximum atomic E-state index is 12.7. The average Bonchev–Trinajstić information content (AvgIpc) is 3.36. The van der Waals surface area contributed by atoms with Gasteiger partial charge in [-0.2, -0.15) is 0 Å². The van der Waals surface area contributed by atoms with Gasteiger partial charge in [-0.15, -0.1) is 0 Å². The van der Waals surface area contributed by atoms with Crippen molar-refractivity contribution in [1.82, 2.24) is 20.4 Å². The van der Waals surface area contributed by atoms with Gasteiger partial charge in [0, 0.05) is 25.7 Å². The number of aliphatic imine (C=N–C) groups is 1.